The number of halogens is 3. The second-order valence-corrected chi connectivity index (χ2v) is 6.63. The van der Waals surface area contributed by atoms with Crippen LogP contribution in [-0.2, 0) is 0 Å². The van der Waals surface area contributed by atoms with Crippen molar-refractivity contribution in [3.63, 3.8) is 0 Å². The van der Waals surface area contributed by atoms with E-state index in [4.69, 9.17) is 11.6 Å². The van der Waals surface area contributed by atoms with E-state index in [9.17, 15) is 18.9 Å². The van der Waals surface area contributed by atoms with Gasteiger partial charge >= 0.3 is 0 Å². The van der Waals surface area contributed by atoms with Crippen LogP contribution in [0.5, 0.6) is 0 Å². The summed E-state index contributed by atoms with van der Waals surface area (Å²) in [7, 11) is 0. The number of nitro benzene ring substituents is 1. The maximum absolute atomic E-state index is 14.2. The molecule has 0 saturated carbocycles. The largest absolute Gasteiger partial charge is 0.335 e. The second-order valence-electron chi connectivity index (χ2n) is 6.24. The molecule has 2 heterocycles. The first-order chi connectivity index (χ1) is 14.4. The van der Waals surface area contributed by atoms with Gasteiger partial charge in [0, 0.05) is 30.1 Å². The fraction of sp³-hybridized carbons (Fsp3) is 0. The fourth-order valence-corrected chi connectivity index (χ4v) is 3.14. The molecule has 0 unspecified atom stereocenters. The lowest BCUT2D eigenvalue weighted by Crippen LogP contribution is -2.01. The molecule has 1 N–H and O–H groups in total. The van der Waals surface area contributed by atoms with E-state index in [0.29, 0.717) is 11.3 Å². The zero-order valence-corrected chi connectivity index (χ0v) is 15.8. The van der Waals surface area contributed by atoms with Crippen LogP contribution in [0.25, 0.3) is 16.8 Å². The Morgan fingerprint density at radius 3 is 2.63 bits per heavy atom. The molecule has 4 aromatic rings. The summed E-state index contributed by atoms with van der Waals surface area (Å²) < 4.78 is 29.0. The second kappa shape index (κ2) is 7.88. The molecule has 10 heteroatoms. The minimum absolute atomic E-state index is 0.0383. The smallest absolute Gasteiger partial charge is 0.294 e. The van der Waals surface area contributed by atoms with Crippen LogP contribution in [0.15, 0.2) is 67.3 Å². The Balaban J connectivity index is 1.72. The third kappa shape index (κ3) is 3.96. The summed E-state index contributed by atoms with van der Waals surface area (Å²) in [6.45, 7) is 0. The van der Waals surface area contributed by atoms with Gasteiger partial charge in [-0.2, -0.15) is 0 Å². The van der Waals surface area contributed by atoms with E-state index in [1.54, 1.807) is 23.0 Å². The predicted molar refractivity (Wildman–Crippen MR) is 108 cm³/mol. The van der Waals surface area contributed by atoms with Crippen molar-refractivity contribution < 1.29 is 13.7 Å². The number of pyridine rings is 1. The van der Waals surface area contributed by atoms with Crippen LogP contribution in [0.3, 0.4) is 0 Å². The highest BCUT2D eigenvalue weighted by atomic mass is 35.5. The van der Waals surface area contributed by atoms with Crippen molar-refractivity contribution in [3.05, 3.63) is 94.2 Å². The average Bonchev–Trinajstić information content (AvgIpc) is 3.22. The van der Waals surface area contributed by atoms with Crippen LogP contribution in [-0.4, -0.2) is 19.5 Å². The number of nitrogens with zero attached hydrogens (tertiary/aromatic N) is 4. The SMILES string of the molecule is O=[N+]([O-])c1cc(-n2ccnc2)ccc1Nc1cc(-c2ccc(F)cc2F)cc(Cl)n1. The maximum Gasteiger partial charge on any atom is 0.294 e. The summed E-state index contributed by atoms with van der Waals surface area (Å²) >= 11 is 6.05. The van der Waals surface area contributed by atoms with Crippen LogP contribution in [0, 0.1) is 21.7 Å². The molecule has 0 saturated heterocycles. The topological polar surface area (TPSA) is 85.9 Å². The zero-order chi connectivity index (χ0) is 21.3. The van der Waals surface area contributed by atoms with Gasteiger partial charge in [0.05, 0.1) is 16.9 Å². The predicted octanol–water partition coefficient (Wildman–Crippen LogP) is 5.52. The molecule has 2 aromatic carbocycles. The van der Waals surface area contributed by atoms with Gasteiger partial charge in [-0.15, -0.1) is 0 Å². The number of nitrogens with one attached hydrogen (secondary N) is 1. The molecule has 0 atom stereocenters. The van der Waals surface area contributed by atoms with E-state index in [0.717, 1.165) is 12.1 Å². The van der Waals surface area contributed by atoms with Crippen molar-refractivity contribution in [1.29, 1.82) is 0 Å². The quantitative estimate of drug-likeness (QED) is 0.257. The lowest BCUT2D eigenvalue weighted by molar-refractivity contribution is -0.383. The summed E-state index contributed by atoms with van der Waals surface area (Å²) in [5.41, 5.74) is 0.987. The molecule has 2 aromatic heterocycles. The van der Waals surface area contributed by atoms with Crippen LogP contribution in [0.2, 0.25) is 5.15 Å². The highest BCUT2D eigenvalue weighted by Gasteiger charge is 2.17. The Labute approximate surface area is 173 Å². The number of nitro groups is 1. The zero-order valence-electron chi connectivity index (χ0n) is 15.1. The first-order valence-electron chi connectivity index (χ1n) is 8.57. The average molecular weight is 428 g/mol. The summed E-state index contributed by atoms with van der Waals surface area (Å²) in [5, 5.41) is 14.5. The van der Waals surface area contributed by atoms with Crippen LogP contribution < -0.4 is 5.32 Å². The minimum atomic E-state index is -0.765. The Morgan fingerprint density at radius 1 is 1.10 bits per heavy atom. The van der Waals surface area contributed by atoms with E-state index in [-0.39, 0.29) is 27.9 Å². The molecule has 0 aliphatic heterocycles. The number of hydrogen-bond acceptors (Lipinski definition) is 5. The van der Waals surface area contributed by atoms with Gasteiger partial charge in [-0.3, -0.25) is 10.1 Å². The van der Waals surface area contributed by atoms with Crippen molar-refractivity contribution in [2.75, 3.05) is 5.32 Å². The Bertz CT molecular complexity index is 1250. The lowest BCUT2D eigenvalue weighted by atomic mass is 10.1. The van der Waals surface area contributed by atoms with Gasteiger partial charge in [0.1, 0.15) is 28.3 Å². The molecular weight excluding hydrogens is 416 g/mol. The molecule has 0 bridgehead atoms. The number of anilines is 2. The number of imidazole rings is 1. The van der Waals surface area contributed by atoms with Gasteiger partial charge < -0.3 is 9.88 Å². The van der Waals surface area contributed by atoms with Gasteiger partial charge in [0.2, 0.25) is 0 Å². The van der Waals surface area contributed by atoms with Crippen LogP contribution in [0.4, 0.5) is 26.0 Å². The maximum atomic E-state index is 14.2. The van der Waals surface area contributed by atoms with Crippen molar-refractivity contribution in [2.45, 2.75) is 0 Å². The molecule has 4 rings (SSSR count). The van der Waals surface area contributed by atoms with Gasteiger partial charge in [-0.25, -0.2) is 18.7 Å². The molecule has 0 fully saturated rings. The number of benzene rings is 2. The molecule has 0 aliphatic carbocycles. The Hall–Kier alpha value is -3.85. The highest BCUT2D eigenvalue weighted by Crippen LogP contribution is 2.32. The van der Waals surface area contributed by atoms with Crippen molar-refractivity contribution in [1.82, 2.24) is 14.5 Å². The molecule has 150 valence electrons. The van der Waals surface area contributed by atoms with E-state index in [2.05, 4.69) is 15.3 Å². The molecule has 0 spiro atoms. The lowest BCUT2D eigenvalue weighted by Gasteiger charge is -2.11. The van der Waals surface area contributed by atoms with Gasteiger partial charge in [-0.1, -0.05) is 11.6 Å². The van der Waals surface area contributed by atoms with Crippen LogP contribution >= 0.6 is 11.6 Å². The van der Waals surface area contributed by atoms with Crippen molar-refractivity contribution >= 4 is 28.8 Å². The fourth-order valence-electron chi connectivity index (χ4n) is 2.93. The number of hydrogen-bond donors (Lipinski definition) is 1. The number of aromatic nitrogens is 3. The van der Waals surface area contributed by atoms with E-state index < -0.39 is 16.6 Å². The van der Waals surface area contributed by atoms with E-state index >= 15 is 0 Å². The highest BCUT2D eigenvalue weighted by molar-refractivity contribution is 6.29. The monoisotopic (exact) mass is 427 g/mol. The van der Waals surface area contributed by atoms with Gasteiger partial charge in [-0.05, 0) is 42.0 Å². The molecule has 0 radical (unpaired) electrons. The van der Waals surface area contributed by atoms with Crippen molar-refractivity contribution in [3.8, 4) is 16.8 Å². The molecule has 7 nitrogen and oxygen atoms in total. The van der Waals surface area contributed by atoms with Crippen molar-refractivity contribution in [2.24, 2.45) is 0 Å². The Morgan fingerprint density at radius 2 is 1.93 bits per heavy atom. The summed E-state index contributed by atoms with van der Waals surface area (Å²) in [4.78, 5) is 19.1. The molecular formula is C20H12ClF2N5O2. The summed E-state index contributed by atoms with van der Waals surface area (Å²) in [6, 6.07) is 10.6. The Kier molecular flexibility index (Phi) is 5.11. The van der Waals surface area contributed by atoms with E-state index in [1.165, 1.54) is 36.7 Å². The van der Waals surface area contributed by atoms with Gasteiger partial charge in [0.15, 0.2) is 0 Å². The first kappa shape index (κ1) is 19.5. The standard InChI is InChI=1S/C20H12ClF2N5O2/c21-19-7-12(15-3-1-13(22)9-16(15)23)8-20(26-19)25-17-4-2-14(10-18(17)28(29)30)27-6-5-24-11-27/h1-11H,(H,25,26). The third-order valence-electron chi connectivity index (χ3n) is 4.28. The molecule has 30 heavy (non-hydrogen) atoms. The van der Waals surface area contributed by atoms with Gasteiger partial charge in [0.25, 0.3) is 5.69 Å². The van der Waals surface area contributed by atoms with E-state index in [1.807, 2.05) is 0 Å². The molecule has 0 aliphatic rings. The normalized spacial score (nSPS) is 10.8. The first-order valence-corrected chi connectivity index (χ1v) is 8.95. The molecule has 0 amide bonds. The number of rotatable bonds is 5. The van der Waals surface area contributed by atoms with Crippen LogP contribution in [0.1, 0.15) is 0 Å². The summed E-state index contributed by atoms with van der Waals surface area (Å²) in [6.07, 6.45) is 4.74. The summed E-state index contributed by atoms with van der Waals surface area (Å²) in [5.74, 6) is -1.30. The third-order valence-corrected chi connectivity index (χ3v) is 4.47. The minimum Gasteiger partial charge on any atom is -0.335 e.